The van der Waals surface area contributed by atoms with E-state index in [2.05, 4.69) is 10.1 Å². The van der Waals surface area contributed by atoms with Gasteiger partial charge >= 0.3 is 5.97 Å². The van der Waals surface area contributed by atoms with Crippen LogP contribution < -0.4 is 0 Å². The van der Waals surface area contributed by atoms with Crippen LogP contribution in [-0.4, -0.2) is 40.5 Å². The zero-order valence-corrected chi connectivity index (χ0v) is 11.0. The van der Waals surface area contributed by atoms with Crippen LogP contribution in [0.2, 0.25) is 0 Å². The van der Waals surface area contributed by atoms with E-state index in [4.69, 9.17) is 0 Å². The third-order valence-electron chi connectivity index (χ3n) is 2.56. The molecule has 0 fully saturated rings. The quantitative estimate of drug-likeness (QED) is 0.887. The van der Waals surface area contributed by atoms with Gasteiger partial charge in [-0.05, 0) is 18.6 Å². The third kappa shape index (κ3) is 2.48. The molecule has 0 aliphatic heterocycles. The molecule has 0 unspecified atom stereocenters. The fourth-order valence-electron chi connectivity index (χ4n) is 1.60. The first-order valence-corrected chi connectivity index (χ1v) is 7.14. The second-order valence-corrected chi connectivity index (χ2v) is 6.04. The first kappa shape index (κ1) is 13.2. The van der Waals surface area contributed by atoms with Crippen molar-refractivity contribution in [2.24, 2.45) is 0 Å². The Balaban J connectivity index is 2.63. The lowest BCUT2D eigenvalue weighted by Crippen LogP contribution is -2.10. The van der Waals surface area contributed by atoms with Crippen molar-refractivity contribution < 1.29 is 18.3 Å². The van der Waals surface area contributed by atoms with E-state index < -0.39 is 15.8 Å². The van der Waals surface area contributed by atoms with E-state index in [1.165, 1.54) is 12.4 Å². The zero-order valence-electron chi connectivity index (χ0n) is 10.2. The molecule has 0 spiro atoms. The van der Waals surface area contributed by atoms with Crippen LogP contribution in [0.15, 0.2) is 29.6 Å². The van der Waals surface area contributed by atoms with E-state index >= 15 is 0 Å². The SMILES string of the molecule is Cc1ccnc(-n2cc(S(C)(=O)=O)cn2)c1C(=O)O. The first-order chi connectivity index (χ1) is 8.80. The Morgan fingerprint density at radius 2 is 2.11 bits per heavy atom. The lowest BCUT2D eigenvalue weighted by Gasteiger charge is -2.06. The van der Waals surface area contributed by atoms with E-state index in [-0.39, 0.29) is 16.3 Å². The van der Waals surface area contributed by atoms with Gasteiger partial charge < -0.3 is 5.11 Å². The number of aryl methyl sites for hydroxylation is 1. The summed E-state index contributed by atoms with van der Waals surface area (Å²) in [5, 5.41) is 13.0. The van der Waals surface area contributed by atoms with Gasteiger partial charge in [0.1, 0.15) is 10.5 Å². The molecule has 8 heteroatoms. The largest absolute Gasteiger partial charge is 0.478 e. The summed E-state index contributed by atoms with van der Waals surface area (Å²) in [5.41, 5.74) is 0.513. The summed E-state index contributed by atoms with van der Waals surface area (Å²) < 4.78 is 23.9. The molecule has 2 heterocycles. The number of carboxylic acid groups (broad SMARTS) is 1. The van der Waals surface area contributed by atoms with E-state index in [1.807, 2.05) is 0 Å². The zero-order chi connectivity index (χ0) is 14.2. The van der Waals surface area contributed by atoms with Gasteiger partial charge in [-0.2, -0.15) is 5.10 Å². The van der Waals surface area contributed by atoms with E-state index in [1.54, 1.807) is 13.0 Å². The fraction of sp³-hybridized carbons (Fsp3) is 0.182. The molecular formula is C11H11N3O4S. The highest BCUT2D eigenvalue weighted by molar-refractivity contribution is 7.90. The number of pyridine rings is 1. The molecule has 0 aliphatic rings. The predicted octanol–water partition coefficient (Wildman–Crippen LogP) is 0.677. The highest BCUT2D eigenvalue weighted by Crippen LogP contribution is 2.17. The molecule has 0 atom stereocenters. The summed E-state index contributed by atoms with van der Waals surface area (Å²) in [7, 11) is -3.39. The molecule has 2 aromatic rings. The third-order valence-corrected chi connectivity index (χ3v) is 3.62. The average Bonchev–Trinajstić information content (AvgIpc) is 2.76. The van der Waals surface area contributed by atoms with Gasteiger partial charge in [0.25, 0.3) is 0 Å². The predicted molar refractivity (Wildman–Crippen MR) is 66.2 cm³/mol. The lowest BCUT2D eigenvalue weighted by molar-refractivity contribution is 0.0695. The average molecular weight is 281 g/mol. The summed E-state index contributed by atoms with van der Waals surface area (Å²) in [6.45, 7) is 1.63. The minimum atomic E-state index is -3.39. The summed E-state index contributed by atoms with van der Waals surface area (Å²) in [4.78, 5) is 15.2. The van der Waals surface area contributed by atoms with Crippen molar-refractivity contribution in [3.8, 4) is 5.82 Å². The van der Waals surface area contributed by atoms with Crippen LogP contribution in [0.3, 0.4) is 0 Å². The molecule has 2 aromatic heterocycles. The molecule has 0 aliphatic carbocycles. The van der Waals surface area contributed by atoms with Gasteiger partial charge in [-0.1, -0.05) is 0 Å². The highest BCUT2D eigenvalue weighted by Gasteiger charge is 2.18. The maximum absolute atomic E-state index is 11.4. The number of carbonyl (C=O) groups is 1. The Bertz CT molecular complexity index is 749. The monoisotopic (exact) mass is 281 g/mol. The van der Waals surface area contributed by atoms with Crippen molar-refractivity contribution in [2.45, 2.75) is 11.8 Å². The molecule has 1 N–H and O–H groups in total. The van der Waals surface area contributed by atoms with Crippen LogP contribution in [0.1, 0.15) is 15.9 Å². The standard InChI is InChI=1S/C11H11N3O4S/c1-7-3-4-12-10(9(7)11(15)16)14-6-8(5-13-14)19(2,17)18/h3-6H,1-2H3,(H,15,16). The molecule has 100 valence electrons. The summed E-state index contributed by atoms with van der Waals surface area (Å²) in [5.74, 6) is -1.06. The molecular weight excluding hydrogens is 270 g/mol. The second-order valence-electron chi connectivity index (χ2n) is 4.02. The molecule has 0 bridgehead atoms. The van der Waals surface area contributed by atoms with Gasteiger partial charge in [-0.25, -0.2) is 22.9 Å². The van der Waals surface area contributed by atoms with Crippen LogP contribution in [0.25, 0.3) is 5.82 Å². The van der Waals surface area contributed by atoms with Crippen LogP contribution in [0.4, 0.5) is 0 Å². The van der Waals surface area contributed by atoms with Crippen molar-refractivity contribution in [1.29, 1.82) is 0 Å². The van der Waals surface area contributed by atoms with Crippen LogP contribution in [0, 0.1) is 6.92 Å². The summed E-state index contributed by atoms with van der Waals surface area (Å²) in [6.07, 6.45) is 4.89. The number of nitrogens with zero attached hydrogens (tertiary/aromatic N) is 3. The number of rotatable bonds is 3. The first-order valence-electron chi connectivity index (χ1n) is 5.24. The molecule has 2 rings (SSSR count). The summed E-state index contributed by atoms with van der Waals surface area (Å²) >= 11 is 0. The maximum atomic E-state index is 11.4. The molecule has 7 nitrogen and oxygen atoms in total. The fourth-order valence-corrected chi connectivity index (χ4v) is 2.13. The summed E-state index contributed by atoms with van der Waals surface area (Å²) in [6, 6.07) is 1.56. The number of hydrogen-bond donors (Lipinski definition) is 1. The second kappa shape index (κ2) is 4.47. The molecule has 0 saturated heterocycles. The van der Waals surface area contributed by atoms with Crippen molar-refractivity contribution >= 4 is 15.8 Å². The van der Waals surface area contributed by atoms with Gasteiger partial charge in [-0.3, -0.25) is 0 Å². The topological polar surface area (TPSA) is 102 Å². The normalized spacial score (nSPS) is 11.5. The smallest absolute Gasteiger partial charge is 0.339 e. The van der Waals surface area contributed by atoms with Gasteiger partial charge in [0, 0.05) is 12.5 Å². The van der Waals surface area contributed by atoms with Crippen molar-refractivity contribution in [3.63, 3.8) is 0 Å². The number of carboxylic acids is 1. The van der Waals surface area contributed by atoms with Crippen LogP contribution in [0.5, 0.6) is 0 Å². The van der Waals surface area contributed by atoms with Gasteiger partial charge in [0.15, 0.2) is 15.7 Å². The molecule has 0 amide bonds. The molecule has 0 radical (unpaired) electrons. The molecule has 0 aromatic carbocycles. The van der Waals surface area contributed by atoms with Crippen molar-refractivity contribution in [2.75, 3.05) is 6.26 Å². The van der Waals surface area contributed by atoms with Crippen molar-refractivity contribution in [3.05, 3.63) is 35.8 Å². The van der Waals surface area contributed by atoms with Gasteiger partial charge in [-0.15, -0.1) is 0 Å². The Kier molecular flexibility index (Phi) is 3.11. The van der Waals surface area contributed by atoms with E-state index in [9.17, 15) is 18.3 Å². The number of aromatic nitrogens is 3. The van der Waals surface area contributed by atoms with Gasteiger partial charge in [0.05, 0.1) is 12.4 Å². The number of hydrogen-bond acceptors (Lipinski definition) is 5. The minimum absolute atomic E-state index is 0.00662. The van der Waals surface area contributed by atoms with Gasteiger partial charge in [0.2, 0.25) is 0 Å². The van der Waals surface area contributed by atoms with Crippen molar-refractivity contribution in [1.82, 2.24) is 14.8 Å². The van der Waals surface area contributed by atoms with Crippen LogP contribution >= 0.6 is 0 Å². The lowest BCUT2D eigenvalue weighted by atomic mass is 10.1. The minimum Gasteiger partial charge on any atom is -0.478 e. The Morgan fingerprint density at radius 1 is 1.42 bits per heavy atom. The number of sulfone groups is 1. The van der Waals surface area contributed by atoms with E-state index in [0.717, 1.165) is 17.1 Å². The highest BCUT2D eigenvalue weighted by atomic mass is 32.2. The number of aromatic carboxylic acids is 1. The Hall–Kier alpha value is -2.22. The Morgan fingerprint density at radius 3 is 2.63 bits per heavy atom. The Labute approximate surface area is 109 Å². The molecule has 0 saturated carbocycles. The van der Waals surface area contributed by atoms with E-state index in [0.29, 0.717) is 5.56 Å². The maximum Gasteiger partial charge on any atom is 0.339 e. The van der Waals surface area contributed by atoms with Crippen LogP contribution in [-0.2, 0) is 9.84 Å². The molecule has 19 heavy (non-hydrogen) atoms.